The van der Waals surface area contributed by atoms with E-state index in [0.29, 0.717) is 11.7 Å². The number of rotatable bonds is 7. The summed E-state index contributed by atoms with van der Waals surface area (Å²) in [6.07, 6.45) is -2.67. The van der Waals surface area contributed by atoms with E-state index in [4.69, 9.17) is 9.52 Å². The molecule has 0 aliphatic rings. The molecule has 0 radical (unpaired) electrons. The Morgan fingerprint density at radius 2 is 2.00 bits per heavy atom. The van der Waals surface area contributed by atoms with Crippen molar-refractivity contribution in [2.45, 2.75) is 26.2 Å². The molecule has 1 aromatic carbocycles. The van der Waals surface area contributed by atoms with Crippen LogP contribution in [0, 0.1) is 0 Å². The standard InChI is InChI=1S/C18H21F2NO3/c1-12(2)13-4-3-5-14(10-13)15-6-7-16(24-15)18(23)21(8-9-22)11-17(19)20/h3-7,10,12,17,22H,8-9,11H2,1-2H3. The fourth-order valence-corrected chi connectivity index (χ4v) is 2.38. The van der Waals surface area contributed by atoms with E-state index in [1.54, 1.807) is 6.07 Å². The summed E-state index contributed by atoms with van der Waals surface area (Å²) < 4.78 is 30.7. The van der Waals surface area contributed by atoms with Crippen molar-refractivity contribution in [1.82, 2.24) is 4.90 Å². The van der Waals surface area contributed by atoms with Crippen molar-refractivity contribution in [3.05, 3.63) is 47.7 Å². The minimum absolute atomic E-state index is 0.0194. The van der Waals surface area contributed by atoms with Gasteiger partial charge in [-0.25, -0.2) is 8.78 Å². The molecule has 1 N–H and O–H groups in total. The number of nitrogens with zero attached hydrogens (tertiary/aromatic N) is 1. The summed E-state index contributed by atoms with van der Waals surface area (Å²) in [6, 6.07) is 10.9. The Morgan fingerprint density at radius 3 is 2.62 bits per heavy atom. The van der Waals surface area contributed by atoms with Gasteiger partial charge in [-0.1, -0.05) is 32.0 Å². The second-order valence-electron chi connectivity index (χ2n) is 5.81. The summed E-state index contributed by atoms with van der Waals surface area (Å²) in [5.74, 6) is 0.179. The lowest BCUT2D eigenvalue weighted by molar-refractivity contribution is 0.0484. The molecule has 2 rings (SSSR count). The van der Waals surface area contributed by atoms with E-state index in [1.165, 1.54) is 6.07 Å². The third kappa shape index (κ3) is 4.41. The molecule has 130 valence electrons. The van der Waals surface area contributed by atoms with Crippen LogP contribution in [0.5, 0.6) is 0 Å². The van der Waals surface area contributed by atoms with Crippen LogP contribution in [0.25, 0.3) is 11.3 Å². The van der Waals surface area contributed by atoms with Crippen LogP contribution >= 0.6 is 0 Å². The summed E-state index contributed by atoms with van der Waals surface area (Å²) in [4.78, 5) is 13.2. The molecule has 0 aliphatic heterocycles. The zero-order chi connectivity index (χ0) is 17.7. The molecule has 0 saturated carbocycles. The lowest BCUT2D eigenvalue weighted by Crippen LogP contribution is -2.37. The van der Waals surface area contributed by atoms with Crippen molar-refractivity contribution in [2.24, 2.45) is 0 Å². The highest BCUT2D eigenvalue weighted by atomic mass is 19.3. The molecule has 2 aromatic rings. The van der Waals surface area contributed by atoms with Gasteiger partial charge >= 0.3 is 0 Å². The second-order valence-corrected chi connectivity index (χ2v) is 5.81. The van der Waals surface area contributed by atoms with Gasteiger partial charge in [0.25, 0.3) is 12.3 Å². The summed E-state index contributed by atoms with van der Waals surface area (Å²) in [6.45, 7) is 2.86. The molecular weight excluding hydrogens is 316 g/mol. The van der Waals surface area contributed by atoms with Crippen molar-refractivity contribution in [3.8, 4) is 11.3 Å². The van der Waals surface area contributed by atoms with Gasteiger partial charge in [0.15, 0.2) is 5.76 Å². The molecular formula is C18H21F2NO3. The quantitative estimate of drug-likeness (QED) is 0.837. The number of halogens is 2. The molecule has 0 fully saturated rings. The first-order valence-electron chi connectivity index (χ1n) is 7.80. The van der Waals surface area contributed by atoms with Gasteiger partial charge in [0, 0.05) is 12.1 Å². The van der Waals surface area contributed by atoms with Gasteiger partial charge in [-0.05, 0) is 29.7 Å². The predicted octanol–water partition coefficient (Wildman–Crippen LogP) is 3.77. The molecule has 0 aliphatic carbocycles. The van der Waals surface area contributed by atoms with E-state index in [1.807, 2.05) is 24.3 Å². The van der Waals surface area contributed by atoms with E-state index < -0.39 is 18.9 Å². The molecule has 1 aromatic heterocycles. The Morgan fingerprint density at radius 1 is 1.25 bits per heavy atom. The highest BCUT2D eigenvalue weighted by molar-refractivity contribution is 5.92. The van der Waals surface area contributed by atoms with E-state index in [9.17, 15) is 13.6 Å². The zero-order valence-electron chi connectivity index (χ0n) is 13.7. The molecule has 4 nitrogen and oxygen atoms in total. The van der Waals surface area contributed by atoms with E-state index >= 15 is 0 Å². The number of amides is 1. The maximum atomic E-state index is 12.6. The fourth-order valence-electron chi connectivity index (χ4n) is 2.38. The third-order valence-corrected chi connectivity index (χ3v) is 3.67. The molecule has 6 heteroatoms. The SMILES string of the molecule is CC(C)c1cccc(-c2ccc(C(=O)N(CCO)CC(F)F)o2)c1. The van der Waals surface area contributed by atoms with E-state index in [2.05, 4.69) is 13.8 Å². The van der Waals surface area contributed by atoms with Crippen LogP contribution in [0.2, 0.25) is 0 Å². The fraction of sp³-hybridized carbons (Fsp3) is 0.389. The van der Waals surface area contributed by atoms with Crippen LogP contribution < -0.4 is 0 Å². The summed E-state index contributed by atoms with van der Waals surface area (Å²) in [5.41, 5.74) is 1.96. The number of furan rings is 1. The van der Waals surface area contributed by atoms with Crippen LogP contribution in [0.4, 0.5) is 8.78 Å². The van der Waals surface area contributed by atoms with Gasteiger partial charge in [-0.15, -0.1) is 0 Å². The van der Waals surface area contributed by atoms with E-state index in [-0.39, 0.29) is 18.9 Å². The minimum atomic E-state index is -2.67. The lowest BCUT2D eigenvalue weighted by atomic mass is 10.0. The number of hydrogen-bond acceptors (Lipinski definition) is 3. The maximum absolute atomic E-state index is 12.6. The van der Waals surface area contributed by atoms with E-state index in [0.717, 1.165) is 16.0 Å². The van der Waals surface area contributed by atoms with Gasteiger partial charge < -0.3 is 14.4 Å². The third-order valence-electron chi connectivity index (χ3n) is 3.67. The van der Waals surface area contributed by atoms with Crippen LogP contribution in [-0.4, -0.2) is 42.0 Å². The molecule has 0 bridgehead atoms. The largest absolute Gasteiger partial charge is 0.451 e. The highest BCUT2D eigenvalue weighted by Crippen LogP contribution is 2.26. The van der Waals surface area contributed by atoms with Crippen LogP contribution in [0.1, 0.15) is 35.9 Å². The first-order chi connectivity index (χ1) is 11.4. The first kappa shape index (κ1) is 18.1. The average Bonchev–Trinajstić information content (AvgIpc) is 3.03. The van der Waals surface area contributed by atoms with Crippen molar-refractivity contribution in [2.75, 3.05) is 19.7 Å². The first-order valence-corrected chi connectivity index (χ1v) is 7.80. The zero-order valence-corrected chi connectivity index (χ0v) is 13.7. The monoisotopic (exact) mass is 337 g/mol. The molecule has 0 spiro atoms. The second kappa shape index (κ2) is 8.06. The Bertz CT molecular complexity index is 682. The Hall–Kier alpha value is -2.21. The summed E-state index contributed by atoms with van der Waals surface area (Å²) in [7, 11) is 0. The van der Waals surface area contributed by atoms with Crippen LogP contribution in [0.3, 0.4) is 0 Å². The summed E-state index contributed by atoms with van der Waals surface area (Å²) in [5, 5.41) is 8.94. The number of alkyl halides is 2. The number of hydrogen-bond donors (Lipinski definition) is 1. The summed E-state index contributed by atoms with van der Waals surface area (Å²) >= 11 is 0. The predicted molar refractivity (Wildman–Crippen MR) is 87.2 cm³/mol. The van der Waals surface area contributed by atoms with Crippen LogP contribution in [-0.2, 0) is 0 Å². The molecule has 1 heterocycles. The van der Waals surface area contributed by atoms with Gasteiger partial charge in [-0.2, -0.15) is 0 Å². The van der Waals surface area contributed by atoms with Crippen molar-refractivity contribution >= 4 is 5.91 Å². The highest BCUT2D eigenvalue weighted by Gasteiger charge is 2.22. The van der Waals surface area contributed by atoms with Crippen molar-refractivity contribution in [1.29, 1.82) is 0 Å². The maximum Gasteiger partial charge on any atom is 0.289 e. The smallest absolute Gasteiger partial charge is 0.289 e. The number of carbonyl (C=O) groups excluding carboxylic acids is 1. The van der Waals surface area contributed by atoms with Crippen molar-refractivity contribution < 1.29 is 23.1 Å². The van der Waals surface area contributed by atoms with Crippen molar-refractivity contribution in [3.63, 3.8) is 0 Å². The number of aliphatic hydroxyl groups excluding tert-OH is 1. The number of aliphatic hydroxyl groups is 1. The molecule has 0 saturated heterocycles. The van der Waals surface area contributed by atoms with Gasteiger partial charge in [0.2, 0.25) is 0 Å². The van der Waals surface area contributed by atoms with Gasteiger partial charge in [0.1, 0.15) is 5.76 Å². The van der Waals surface area contributed by atoms with Crippen LogP contribution in [0.15, 0.2) is 40.8 Å². The molecule has 1 amide bonds. The molecule has 0 atom stereocenters. The Kier molecular flexibility index (Phi) is 6.09. The normalized spacial score (nSPS) is 11.3. The Labute approximate surface area is 139 Å². The minimum Gasteiger partial charge on any atom is -0.451 e. The molecule has 24 heavy (non-hydrogen) atoms. The lowest BCUT2D eigenvalue weighted by Gasteiger charge is -2.19. The number of benzene rings is 1. The molecule has 0 unspecified atom stereocenters. The number of carbonyl (C=O) groups is 1. The average molecular weight is 337 g/mol. The topological polar surface area (TPSA) is 53.7 Å². The van der Waals surface area contributed by atoms with Gasteiger partial charge in [0.05, 0.1) is 13.2 Å². The van der Waals surface area contributed by atoms with Gasteiger partial charge in [-0.3, -0.25) is 4.79 Å². The Balaban J connectivity index is 2.23.